The second-order valence-electron chi connectivity index (χ2n) is 4.55. The van der Waals surface area contributed by atoms with Gasteiger partial charge < -0.3 is 14.8 Å². The number of hydrogen-bond acceptors (Lipinski definition) is 3. The lowest BCUT2D eigenvalue weighted by Crippen LogP contribution is -2.15. The number of nitrogens with one attached hydrogen (secondary N) is 1. The van der Waals surface area contributed by atoms with Crippen molar-refractivity contribution in [2.24, 2.45) is 0 Å². The van der Waals surface area contributed by atoms with E-state index in [1.165, 1.54) is 5.56 Å². The minimum atomic E-state index is 0.263. The highest BCUT2D eigenvalue weighted by Crippen LogP contribution is 2.30. The summed E-state index contributed by atoms with van der Waals surface area (Å²) in [5, 5.41) is 3.32. The monoisotopic (exact) mass is 265 g/mol. The van der Waals surface area contributed by atoms with Crippen LogP contribution in [0, 0.1) is 0 Å². The van der Waals surface area contributed by atoms with Crippen LogP contribution in [0.5, 0.6) is 11.5 Å². The van der Waals surface area contributed by atoms with Crippen molar-refractivity contribution in [2.45, 2.75) is 53.2 Å². The van der Waals surface area contributed by atoms with Gasteiger partial charge in [0.2, 0.25) is 0 Å². The van der Waals surface area contributed by atoms with E-state index in [-0.39, 0.29) is 6.10 Å². The molecule has 0 unspecified atom stereocenters. The molecule has 0 heterocycles. The third-order valence-corrected chi connectivity index (χ3v) is 3.09. The second kappa shape index (κ2) is 8.81. The van der Waals surface area contributed by atoms with E-state index in [1.807, 2.05) is 13.0 Å². The topological polar surface area (TPSA) is 30.5 Å². The van der Waals surface area contributed by atoms with E-state index in [4.69, 9.17) is 9.47 Å². The minimum absolute atomic E-state index is 0.263. The first-order chi connectivity index (χ1) is 9.24. The molecule has 3 nitrogen and oxygen atoms in total. The fraction of sp³-hybridized carbons (Fsp3) is 0.625. The average molecular weight is 265 g/mol. The van der Waals surface area contributed by atoms with Gasteiger partial charge in [0.05, 0.1) is 12.7 Å². The van der Waals surface area contributed by atoms with Gasteiger partial charge >= 0.3 is 0 Å². The first-order valence-corrected chi connectivity index (χ1v) is 7.38. The van der Waals surface area contributed by atoms with Gasteiger partial charge in [-0.25, -0.2) is 0 Å². The number of benzene rings is 1. The molecule has 0 bridgehead atoms. The van der Waals surface area contributed by atoms with Gasteiger partial charge in [0.1, 0.15) is 0 Å². The smallest absolute Gasteiger partial charge is 0.161 e. The van der Waals surface area contributed by atoms with Crippen LogP contribution in [-0.2, 0) is 6.54 Å². The zero-order valence-electron chi connectivity index (χ0n) is 12.7. The molecular weight excluding hydrogens is 238 g/mol. The lowest BCUT2D eigenvalue weighted by atomic mass is 10.2. The van der Waals surface area contributed by atoms with Crippen molar-refractivity contribution in [2.75, 3.05) is 13.2 Å². The average Bonchev–Trinajstić information content (AvgIpc) is 2.44. The van der Waals surface area contributed by atoms with Crippen LogP contribution in [0.3, 0.4) is 0 Å². The van der Waals surface area contributed by atoms with Crippen LogP contribution in [0.2, 0.25) is 0 Å². The van der Waals surface area contributed by atoms with Crippen molar-refractivity contribution < 1.29 is 9.47 Å². The molecule has 0 aromatic heterocycles. The van der Waals surface area contributed by atoms with E-state index >= 15 is 0 Å². The lowest BCUT2D eigenvalue weighted by Gasteiger charge is -2.19. The Labute approximate surface area is 117 Å². The number of hydrogen-bond donors (Lipinski definition) is 1. The summed E-state index contributed by atoms with van der Waals surface area (Å²) in [5.74, 6) is 1.71. The van der Waals surface area contributed by atoms with Gasteiger partial charge in [-0.05, 0) is 44.0 Å². The standard InChI is InChI=1S/C16H27NO2/c1-5-14(6-2)19-15-10-9-13(12-17-7-3)11-16(15)18-8-4/h9-11,14,17H,5-8,12H2,1-4H3. The Morgan fingerprint density at radius 1 is 1.05 bits per heavy atom. The molecule has 1 aromatic carbocycles. The molecule has 1 N–H and O–H groups in total. The van der Waals surface area contributed by atoms with Gasteiger partial charge in [-0.3, -0.25) is 0 Å². The van der Waals surface area contributed by atoms with Crippen LogP contribution < -0.4 is 14.8 Å². The van der Waals surface area contributed by atoms with E-state index in [1.54, 1.807) is 0 Å². The SMILES string of the molecule is CCNCc1ccc(OC(CC)CC)c(OCC)c1. The number of rotatable bonds is 9. The first kappa shape index (κ1) is 15.8. The molecule has 0 atom stereocenters. The Kier molecular flexibility index (Phi) is 7.34. The minimum Gasteiger partial charge on any atom is -0.490 e. The van der Waals surface area contributed by atoms with Crippen LogP contribution in [0.15, 0.2) is 18.2 Å². The molecule has 0 radical (unpaired) electrons. The summed E-state index contributed by atoms with van der Waals surface area (Å²) in [6.07, 6.45) is 2.29. The summed E-state index contributed by atoms with van der Waals surface area (Å²) in [6.45, 7) is 10.9. The van der Waals surface area contributed by atoms with Gasteiger partial charge in [-0.15, -0.1) is 0 Å². The van der Waals surface area contributed by atoms with E-state index in [2.05, 4.69) is 38.2 Å². The Hall–Kier alpha value is -1.22. The lowest BCUT2D eigenvalue weighted by molar-refractivity contribution is 0.182. The molecule has 19 heavy (non-hydrogen) atoms. The van der Waals surface area contributed by atoms with E-state index in [9.17, 15) is 0 Å². The molecule has 0 saturated carbocycles. The molecule has 0 aliphatic heterocycles. The summed E-state index contributed by atoms with van der Waals surface area (Å²) in [7, 11) is 0. The number of ether oxygens (including phenoxy) is 2. The highest BCUT2D eigenvalue weighted by molar-refractivity contribution is 5.43. The Balaban J connectivity index is 2.84. The zero-order chi connectivity index (χ0) is 14.1. The fourth-order valence-corrected chi connectivity index (χ4v) is 1.93. The van der Waals surface area contributed by atoms with Crippen molar-refractivity contribution in [3.8, 4) is 11.5 Å². The van der Waals surface area contributed by atoms with Crippen LogP contribution in [0.25, 0.3) is 0 Å². The third-order valence-electron chi connectivity index (χ3n) is 3.09. The zero-order valence-corrected chi connectivity index (χ0v) is 12.7. The maximum Gasteiger partial charge on any atom is 0.161 e. The summed E-state index contributed by atoms with van der Waals surface area (Å²) in [4.78, 5) is 0. The predicted molar refractivity (Wildman–Crippen MR) is 80.0 cm³/mol. The van der Waals surface area contributed by atoms with E-state index in [0.29, 0.717) is 6.61 Å². The maximum absolute atomic E-state index is 6.01. The first-order valence-electron chi connectivity index (χ1n) is 7.38. The summed E-state index contributed by atoms with van der Waals surface area (Å²) >= 11 is 0. The van der Waals surface area contributed by atoms with Gasteiger partial charge in [0.25, 0.3) is 0 Å². The highest BCUT2D eigenvalue weighted by atomic mass is 16.5. The van der Waals surface area contributed by atoms with Gasteiger partial charge in [-0.2, -0.15) is 0 Å². The molecule has 3 heteroatoms. The van der Waals surface area contributed by atoms with Crippen molar-refractivity contribution in [1.82, 2.24) is 5.32 Å². The molecule has 0 saturated heterocycles. The van der Waals surface area contributed by atoms with Gasteiger partial charge in [-0.1, -0.05) is 26.8 Å². The second-order valence-corrected chi connectivity index (χ2v) is 4.55. The molecule has 0 spiro atoms. The summed E-state index contributed by atoms with van der Waals surface area (Å²) < 4.78 is 11.7. The van der Waals surface area contributed by atoms with Crippen molar-refractivity contribution in [3.63, 3.8) is 0 Å². The van der Waals surface area contributed by atoms with Crippen LogP contribution in [0.4, 0.5) is 0 Å². The maximum atomic E-state index is 6.01. The van der Waals surface area contributed by atoms with Crippen LogP contribution in [0.1, 0.15) is 46.1 Å². The fourth-order valence-electron chi connectivity index (χ4n) is 1.93. The molecule has 1 aromatic rings. The van der Waals surface area contributed by atoms with Crippen molar-refractivity contribution in [3.05, 3.63) is 23.8 Å². The van der Waals surface area contributed by atoms with Crippen molar-refractivity contribution in [1.29, 1.82) is 0 Å². The highest BCUT2D eigenvalue weighted by Gasteiger charge is 2.11. The van der Waals surface area contributed by atoms with Crippen LogP contribution >= 0.6 is 0 Å². The van der Waals surface area contributed by atoms with Gasteiger partial charge in [0, 0.05) is 6.54 Å². The third kappa shape index (κ3) is 5.11. The normalized spacial score (nSPS) is 10.8. The Morgan fingerprint density at radius 2 is 1.79 bits per heavy atom. The molecule has 0 amide bonds. The molecule has 0 aliphatic carbocycles. The van der Waals surface area contributed by atoms with E-state index in [0.717, 1.165) is 37.4 Å². The summed E-state index contributed by atoms with van der Waals surface area (Å²) in [6, 6.07) is 6.20. The largest absolute Gasteiger partial charge is 0.490 e. The molecule has 0 aliphatic rings. The summed E-state index contributed by atoms with van der Waals surface area (Å²) in [5.41, 5.74) is 1.22. The van der Waals surface area contributed by atoms with Crippen LogP contribution in [-0.4, -0.2) is 19.3 Å². The molecule has 1 rings (SSSR count). The predicted octanol–water partition coefficient (Wildman–Crippen LogP) is 3.76. The Morgan fingerprint density at radius 3 is 2.37 bits per heavy atom. The van der Waals surface area contributed by atoms with Gasteiger partial charge in [0.15, 0.2) is 11.5 Å². The Bertz CT molecular complexity index is 362. The van der Waals surface area contributed by atoms with Crippen molar-refractivity contribution >= 4 is 0 Å². The quantitative estimate of drug-likeness (QED) is 0.737. The molecular formula is C16H27NO2. The van der Waals surface area contributed by atoms with E-state index < -0.39 is 0 Å². The molecule has 108 valence electrons. The molecule has 0 fully saturated rings.